The van der Waals surface area contributed by atoms with Gasteiger partial charge in [0.05, 0.1) is 0 Å². The number of hydrogen-bond donors (Lipinski definition) is 2. The molecule has 5 nitrogen and oxygen atoms in total. The van der Waals surface area contributed by atoms with Crippen LogP contribution in [0.1, 0.15) is 32.6 Å². The number of nitrogens with one attached hydrogen (secondary N) is 2. The summed E-state index contributed by atoms with van der Waals surface area (Å²) in [5.74, 6) is 0.507. The first-order valence-electron chi connectivity index (χ1n) is 8.13. The molecule has 126 valence electrons. The predicted molar refractivity (Wildman–Crippen MR) is 92.7 cm³/mol. The Labute approximate surface area is 142 Å². The monoisotopic (exact) mass is 337 g/mol. The lowest BCUT2D eigenvalue weighted by molar-refractivity contribution is -0.116. The van der Waals surface area contributed by atoms with E-state index < -0.39 is 0 Å². The van der Waals surface area contributed by atoms with Gasteiger partial charge in [-0.05, 0) is 49.4 Å². The number of likely N-dealkylation sites (tertiary alicyclic amines) is 1. The first-order chi connectivity index (χ1) is 11.0. The molecule has 1 aliphatic heterocycles. The molecule has 1 aliphatic rings. The van der Waals surface area contributed by atoms with Crippen molar-refractivity contribution < 1.29 is 9.59 Å². The van der Waals surface area contributed by atoms with E-state index in [-0.39, 0.29) is 11.9 Å². The highest BCUT2D eigenvalue weighted by Crippen LogP contribution is 2.15. The van der Waals surface area contributed by atoms with E-state index in [1.807, 2.05) is 4.90 Å². The molecule has 0 bridgehead atoms. The Morgan fingerprint density at radius 3 is 2.74 bits per heavy atom. The van der Waals surface area contributed by atoms with Crippen LogP contribution in [-0.2, 0) is 4.79 Å². The zero-order chi connectivity index (χ0) is 16.7. The Bertz CT molecular complexity index is 533. The fourth-order valence-corrected chi connectivity index (χ4v) is 2.81. The molecule has 1 atom stereocenters. The molecule has 1 fully saturated rings. The van der Waals surface area contributed by atoms with Crippen molar-refractivity contribution in [2.75, 3.05) is 25.0 Å². The number of carbonyl (C=O) groups is 2. The molecule has 3 amide bonds. The minimum Gasteiger partial charge on any atom is -0.338 e. The van der Waals surface area contributed by atoms with E-state index in [4.69, 9.17) is 11.6 Å². The molecule has 0 aliphatic carbocycles. The summed E-state index contributed by atoms with van der Waals surface area (Å²) < 4.78 is 0. The molecule has 0 radical (unpaired) electrons. The largest absolute Gasteiger partial charge is 0.338 e. The molecule has 23 heavy (non-hydrogen) atoms. The number of carbonyl (C=O) groups excluding carboxylic acids is 2. The molecule has 1 saturated heterocycles. The van der Waals surface area contributed by atoms with Gasteiger partial charge in [0, 0.05) is 36.8 Å². The van der Waals surface area contributed by atoms with Crippen molar-refractivity contribution in [3.05, 3.63) is 29.3 Å². The van der Waals surface area contributed by atoms with Crippen LogP contribution in [0.3, 0.4) is 0 Å². The minimum atomic E-state index is -0.0619. The third-order valence-corrected chi connectivity index (χ3v) is 4.18. The number of hydrogen-bond acceptors (Lipinski definition) is 2. The van der Waals surface area contributed by atoms with Crippen molar-refractivity contribution >= 4 is 29.2 Å². The summed E-state index contributed by atoms with van der Waals surface area (Å²) in [6.45, 7) is 4.33. The Balaban J connectivity index is 1.62. The van der Waals surface area contributed by atoms with Crippen molar-refractivity contribution in [1.29, 1.82) is 0 Å². The first kappa shape index (κ1) is 17.6. The lowest BCUT2D eigenvalue weighted by atomic mass is 10.0. The molecular weight excluding hydrogens is 314 g/mol. The second-order valence-corrected chi connectivity index (χ2v) is 6.52. The normalized spacial score (nSPS) is 17.7. The van der Waals surface area contributed by atoms with Crippen LogP contribution in [-0.4, -0.2) is 36.5 Å². The predicted octanol–water partition coefficient (Wildman–Crippen LogP) is 3.50. The van der Waals surface area contributed by atoms with E-state index in [2.05, 4.69) is 17.6 Å². The summed E-state index contributed by atoms with van der Waals surface area (Å²) in [5.41, 5.74) is 0.728. The number of urea groups is 1. The van der Waals surface area contributed by atoms with Crippen LogP contribution >= 0.6 is 11.6 Å². The zero-order valence-corrected chi connectivity index (χ0v) is 14.2. The summed E-state index contributed by atoms with van der Waals surface area (Å²) in [7, 11) is 0. The van der Waals surface area contributed by atoms with Gasteiger partial charge in [-0.3, -0.25) is 4.79 Å². The SMILES string of the molecule is CC1CCCN(C(=O)NCCCC(=O)Nc2ccc(Cl)cc2)C1. The van der Waals surface area contributed by atoms with Gasteiger partial charge in [0.15, 0.2) is 0 Å². The third kappa shape index (κ3) is 6.10. The van der Waals surface area contributed by atoms with Crippen LogP contribution in [0, 0.1) is 5.92 Å². The number of halogens is 1. The molecule has 1 aromatic rings. The number of piperidine rings is 1. The first-order valence-corrected chi connectivity index (χ1v) is 8.50. The average molecular weight is 338 g/mol. The van der Waals surface area contributed by atoms with E-state index in [1.165, 1.54) is 6.42 Å². The molecule has 0 aromatic heterocycles. The summed E-state index contributed by atoms with van der Waals surface area (Å²) >= 11 is 5.80. The van der Waals surface area contributed by atoms with Crippen molar-refractivity contribution in [2.24, 2.45) is 5.92 Å². The molecule has 0 saturated carbocycles. The van der Waals surface area contributed by atoms with Crippen LogP contribution < -0.4 is 10.6 Å². The molecule has 1 unspecified atom stereocenters. The van der Waals surface area contributed by atoms with Crippen molar-refractivity contribution in [2.45, 2.75) is 32.6 Å². The Morgan fingerprint density at radius 1 is 1.30 bits per heavy atom. The van der Waals surface area contributed by atoms with E-state index in [1.54, 1.807) is 24.3 Å². The molecule has 6 heteroatoms. The Morgan fingerprint density at radius 2 is 2.04 bits per heavy atom. The molecule has 1 aromatic carbocycles. The average Bonchev–Trinajstić information content (AvgIpc) is 2.53. The standard InChI is InChI=1S/C17H24ClN3O2/c1-13-4-3-11-21(12-13)17(23)19-10-2-5-16(22)20-15-8-6-14(18)7-9-15/h6-9,13H,2-5,10-12H2,1H3,(H,19,23)(H,20,22). The highest BCUT2D eigenvalue weighted by molar-refractivity contribution is 6.30. The maximum absolute atomic E-state index is 12.0. The zero-order valence-electron chi connectivity index (χ0n) is 13.5. The van der Waals surface area contributed by atoms with Crippen LogP contribution in [0.25, 0.3) is 0 Å². The van der Waals surface area contributed by atoms with Gasteiger partial charge >= 0.3 is 6.03 Å². The lowest BCUT2D eigenvalue weighted by Gasteiger charge is -2.30. The van der Waals surface area contributed by atoms with Gasteiger partial charge in [0.1, 0.15) is 0 Å². The highest BCUT2D eigenvalue weighted by atomic mass is 35.5. The number of benzene rings is 1. The number of amides is 3. The van der Waals surface area contributed by atoms with E-state index in [0.717, 1.165) is 25.2 Å². The van der Waals surface area contributed by atoms with Crippen LogP contribution in [0.5, 0.6) is 0 Å². The summed E-state index contributed by atoms with van der Waals surface area (Å²) in [5, 5.41) is 6.33. The quantitative estimate of drug-likeness (QED) is 0.808. The third-order valence-electron chi connectivity index (χ3n) is 3.93. The second-order valence-electron chi connectivity index (χ2n) is 6.08. The fourth-order valence-electron chi connectivity index (χ4n) is 2.69. The maximum Gasteiger partial charge on any atom is 0.317 e. The van der Waals surface area contributed by atoms with Gasteiger partial charge in [0.2, 0.25) is 5.91 Å². The Kier molecular flexibility index (Phi) is 6.71. The van der Waals surface area contributed by atoms with E-state index >= 15 is 0 Å². The van der Waals surface area contributed by atoms with Gasteiger partial charge in [-0.15, -0.1) is 0 Å². The molecule has 0 spiro atoms. The summed E-state index contributed by atoms with van der Waals surface area (Å²) in [6.07, 6.45) is 3.25. The molecular formula is C17H24ClN3O2. The van der Waals surface area contributed by atoms with E-state index in [0.29, 0.717) is 30.3 Å². The van der Waals surface area contributed by atoms with Gasteiger partial charge < -0.3 is 15.5 Å². The summed E-state index contributed by atoms with van der Waals surface area (Å²) in [4.78, 5) is 25.7. The fraction of sp³-hybridized carbons (Fsp3) is 0.529. The smallest absolute Gasteiger partial charge is 0.317 e. The van der Waals surface area contributed by atoms with Gasteiger partial charge in [-0.25, -0.2) is 4.79 Å². The van der Waals surface area contributed by atoms with Crippen molar-refractivity contribution in [1.82, 2.24) is 10.2 Å². The lowest BCUT2D eigenvalue weighted by Crippen LogP contribution is -2.45. The van der Waals surface area contributed by atoms with Crippen LogP contribution in [0.4, 0.5) is 10.5 Å². The van der Waals surface area contributed by atoms with E-state index in [9.17, 15) is 9.59 Å². The topological polar surface area (TPSA) is 61.4 Å². The minimum absolute atomic E-state index is 0.0188. The van der Waals surface area contributed by atoms with Crippen molar-refractivity contribution in [3.8, 4) is 0 Å². The molecule has 2 rings (SSSR count). The number of rotatable bonds is 5. The van der Waals surface area contributed by atoms with Crippen molar-refractivity contribution in [3.63, 3.8) is 0 Å². The van der Waals surface area contributed by atoms with Gasteiger partial charge in [-0.2, -0.15) is 0 Å². The van der Waals surface area contributed by atoms with Gasteiger partial charge in [-0.1, -0.05) is 18.5 Å². The summed E-state index contributed by atoms with van der Waals surface area (Å²) in [6, 6.07) is 6.97. The maximum atomic E-state index is 12.0. The molecule has 2 N–H and O–H groups in total. The second kappa shape index (κ2) is 8.77. The highest BCUT2D eigenvalue weighted by Gasteiger charge is 2.20. The van der Waals surface area contributed by atoms with Gasteiger partial charge in [0.25, 0.3) is 0 Å². The molecule has 1 heterocycles. The van der Waals surface area contributed by atoms with Crippen LogP contribution in [0.2, 0.25) is 5.02 Å². The number of anilines is 1. The number of nitrogens with zero attached hydrogens (tertiary/aromatic N) is 1. The van der Waals surface area contributed by atoms with Crippen LogP contribution in [0.15, 0.2) is 24.3 Å². The Hall–Kier alpha value is -1.75.